The van der Waals surface area contributed by atoms with E-state index in [1.807, 2.05) is 24.3 Å². The zero-order valence-electron chi connectivity index (χ0n) is 15.9. The van der Waals surface area contributed by atoms with Gasteiger partial charge in [0.25, 0.3) is 11.2 Å². The molecule has 0 amide bonds. The van der Waals surface area contributed by atoms with Gasteiger partial charge in [0.05, 0.1) is 22.5 Å². The lowest BCUT2D eigenvalue weighted by Gasteiger charge is -2.35. The van der Waals surface area contributed by atoms with Gasteiger partial charge in [-0.15, -0.1) is 0 Å². The molecule has 2 aromatic carbocycles. The molecule has 154 valence electrons. The van der Waals surface area contributed by atoms with Crippen LogP contribution in [0, 0.1) is 10.1 Å². The molecular weight excluding hydrogens is 408 g/mol. The first kappa shape index (κ1) is 20.1. The average molecular weight is 427 g/mol. The van der Waals surface area contributed by atoms with Crippen LogP contribution in [0.15, 0.2) is 59.5 Å². The fourth-order valence-electron chi connectivity index (χ4n) is 3.78. The standard InChI is InChI=1S/C21H19ClN4O4/c22-19-18(23-13-21(28)11-3-5-14-4-1-2-6-17(14)21)12-24-25(20(19)27)15-7-9-16(10-8-15)26(29)30/h1-2,4,6-10,12,23,28H,3,5,11,13H2. The monoisotopic (exact) mass is 426 g/mol. The molecule has 1 aliphatic rings. The summed E-state index contributed by atoms with van der Waals surface area (Å²) in [7, 11) is 0. The van der Waals surface area contributed by atoms with Crippen molar-refractivity contribution in [2.45, 2.75) is 24.9 Å². The van der Waals surface area contributed by atoms with Gasteiger partial charge in [0.2, 0.25) is 0 Å². The van der Waals surface area contributed by atoms with Crippen molar-refractivity contribution in [2.75, 3.05) is 11.9 Å². The highest BCUT2D eigenvalue weighted by molar-refractivity contribution is 6.32. The molecule has 3 aromatic rings. The Kier molecular flexibility index (Phi) is 5.27. The molecule has 1 unspecified atom stereocenters. The van der Waals surface area contributed by atoms with E-state index in [0.29, 0.717) is 17.8 Å². The zero-order valence-corrected chi connectivity index (χ0v) is 16.7. The van der Waals surface area contributed by atoms with Gasteiger partial charge in [0.1, 0.15) is 10.6 Å². The summed E-state index contributed by atoms with van der Waals surface area (Å²) in [4.78, 5) is 22.9. The van der Waals surface area contributed by atoms with Crippen molar-refractivity contribution in [1.29, 1.82) is 0 Å². The molecule has 1 aliphatic carbocycles. The summed E-state index contributed by atoms with van der Waals surface area (Å²) >= 11 is 6.27. The number of aryl methyl sites for hydroxylation is 1. The first-order chi connectivity index (χ1) is 14.4. The van der Waals surface area contributed by atoms with E-state index in [2.05, 4.69) is 10.4 Å². The first-order valence-corrected chi connectivity index (χ1v) is 9.84. The predicted octanol–water partition coefficient (Wildman–Crippen LogP) is 3.43. The van der Waals surface area contributed by atoms with Crippen LogP contribution in [0.1, 0.15) is 24.0 Å². The van der Waals surface area contributed by atoms with Gasteiger partial charge in [-0.3, -0.25) is 14.9 Å². The molecule has 1 heterocycles. The minimum absolute atomic E-state index is 0.0731. The zero-order chi connectivity index (χ0) is 21.3. The van der Waals surface area contributed by atoms with Gasteiger partial charge >= 0.3 is 0 Å². The van der Waals surface area contributed by atoms with E-state index >= 15 is 0 Å². The van der Waals surface area contributed by atoms with Crippen LogP contribution in [0.5, 0.6) is 0 Å². The van der Waals surface area contributed by atoms with Gasteiger partial charge in [-0.25, -0.2) is 0 Å². The summed E-state index contributed by atoms with van der Waals surface area (Å²) < 4.78 is 1.07. The van der Waals surface area contributed by atoms with Crippen LogP contribution in [0.3, 0.4) is 0 Å². The van der Waals surface area contributed by atoms with E-state index in [1.54, 1.807) is 0 Å². The number of aliphatic hydroxyl groups is 1. The van der Waals surface area contributed by atoms with E-state index in [1.165, 1.54) is 30.5 Å². The minimum atomic E-state index is -1.06. The number of benzene rings is 2. The Bertz CT molecular complexity index is 1160. The number of hydrogen-bond acceptors (Lipinski definition) is 6. The summed E-state index contributed by atoms with van der Waals surface area (Å²) in [6.07, 6.45) is 3.79. The summed E-state index contributed by atoms with van der Waals surface area (Å²) in [6.45, 7) is 0.187. The minimum Gasteiger partial charge on any atom is -0.383 e. The van der Waals surface area contributed by atoms with Crippen molar-refractivity contribution in [2.24, 2.45) is 0 Å². The molecular formula is C21H19ClN4O4. The van der Waals surface area contributed by atoms with Crippen LogP contribution in [-0.4, -0.2) is 26.4 Å². The van der Waals surface area contributed by atoms with Gasteiger partial charge in [-0.2, -0.15) is 9.78 Å². The molecule has 9 heteroatoms. The third-order valence-corrected chi connectivity index (χ3v) is 5.72. The van der Waals surface area contributed by atoms with Crippen LogP contribution in [0.4, 0.5) is 11.4 Å². The summed E-state index contributed by atoms with van der Waals surface area (Å²) in [6, 6.07) is 13.2. The number of nitrogens with one attached hydrogen (secondary N) is 1. The Balaban J connectivity index is 1.58. The Morgan fingerprint density at radius 1 is 1.23 bits per heavy atom. The van der Waals surface area contributed by atoms with Crippen LogP contribution in [0.25, 0.3) is 5.69 Å². The molecule has 0 saturated carbocycles. The van der Waals surface area contributed by atoms with Crippen LogP contribution >= 0.6 is 11.6 Å². The number of halogens is 1. The van der Waals surface area contributed by atoms with Crippen molar-refractivity contribution >= 4 is 23.0 Å². The second-order valence-electron chi connectivity index (χ2n) is 7.26. The Morgan fingerprint density at radius 3 is 2.70 bits per heavy atom. The quantitative estimate of drug-likeness (QED) is 0.477. The number of rotatable bonds is 5. The molecule has 0 radical (unpaired) electrons. The fourth-order valence-corrected chi connectivity index (χ4v) is 3.97. The number of hydrogen-bond donors (Lipinski definition) is 2. The summed E-state index contributed by atoms with van der Waals surface area (Å²) in [5.41, 5.74) is 0.961. The molecule has 30 heavy (non-hydrogen) atoms. The molecule has 0 bridgehead atoms. The molecule has 4 rings (SSSR count). The molecule has 0 aliphatic heterocycles. The Labute approximate surface area is 176 Å². The molecule has 0 saturated heterocycles. The molecule has 0 spiro atoms. The average Bonchev–Trinajstić information content (AvgIpc) is 2.75. The largest absolute Gasteiger partial charge is 0.383 e. The molecule has 1 aromatic heterocycles. The van der Waals surface area contributed by atoms with E-state index in [4.69, 9.17) is 11.6 Å². The van der Waals surface area contributed by atoms with Crippen LogP contribution in [0.2, 0.25) is 5.02 Å². The van der Waals surface area contributed by atoms with Crippen molar-refractivity contribution in [1.82, 2.24) is 9.78 Å². The molecule has 2 N–H and O–H groups in total. The van der Waals surface area contributed by atoms with E-state index in [-0.39, 0.29) is 17.3 Å². The smallest absolute Gasteiger partial charge is 0.292 e. The van der Waals surface area contributed by atoms with Crippen LogP contribution in [-0.2, 0) is 12.0 Å². The Morgan fingerprint density at radius 2 is 1.97 bits per heavy atom. The molecule has 1 atom stereocenters. The third-order valence-electron chi connectivity index (χ3n) is 5.35. The first-order valence-electron chi connectivity index (χ1n) is 9.46. The highest BCUT2D eigenvalue weighted by Crippen LogP contribution is 2.35. The Hall–Kier alpha value is -3.23. The van der Waals surface area contributed by atoms with Gasteiger partial charge in [0.15, 0.2) is 0 Å². The molecule has 0 fully saturated rings. The van der Waals surface area contributed by atoms with Crippen molar-refractivity contribution in [3.8, 4) is 5.69 Å². The SMILES string of the molecule is O=c1c(Cl)c(NCC2(O)CCCc3ccccc32)cnn1-c1ccc([N+](=O)[O-])cc1. The fraction of sp³-hybridized carbons (Fsp3) is 0.238. The maximum atomic E-state index is 12.7. The number of nitrogens with zero attached hydrogens (tertiary/aromatic N) is 3. The normalized spacial score (nSPS) is 17.9. The second-order valence-corrected chi connectivity index (χ2v) is 7.64. The third kappa shape index (κ3) is 3.67. The maximum Gasteiger partial charge on any atom is 0.292 e. The lowest BCUT2D eigenvalue weighted by Crippen LogP contribution is -2.38. The van der Waals surface area contributed by atoms with Gasteiger partial charge < -0.3 is 10.4 Å². The molecule has 8 nitrogen and oxygen atoms in total. The number of non-ortho nitro benzene ring substituents is 1. The lowest BCUT2D eigenvalue weighted by molar-refractivity contribution is -0.384. The van der Waals surface area contributed by atoms with Crippen LogP contribution < -0.4 is 10.9 Å². The highest BCUT2D eigenvalue weighted by Gasteiger charge is 2.34. The lowest BCUT2D eigenvalue weighted by atomic mass is 9.79. The van der Waals surface area contributed by atoms with Gasteiger partial charge in [0, 0.05) is 18.7 Å². The van der Waals surface area contributed by atoms with E-state index in [0.717, 1.165) is 28.7 Å². The number of nitro groups is 1. The maximum absolute atomic E-state index is 12.7. The highest BCUT2D eigenvalue weighted by atomic mass is 35.5. The summed E-state index contributed by atoms with van der Waals surface area (Å²) in [5.74, 6) is 0. The van der Waals surface area contributed by atoms with Gasteiger partial charge in [-0.1, -0.05) is 35.9 Å². The topological polar surface area (TPSA) is 110 Å². The number of nitro benzene ring substituents is 1. The van der Waals surface area contributed by atoms with E-state index in [9.17, 15) is 20.0 Å². The predicted molar refractivity (Wildman–Crippen MR) is 113 cm³/mol. The number of anilines is 1. The second kappa shape index (κ2) is 7.89. The van der Waals surface area contributed by atoms with E-state index < -0.39 is 16.1 Å². The van der Waals surface area contributed by atoms with Gasteiger partial charge in [-0.05, 0) is 42.5 Å². The van der Waals surface area contributed by atoms with Crippen molar-refractivity contribution in [3.63, 3.8) is 0 Å². The number of aromatic nitrogens is 2. The van der Waals surface area contributed by atoms with Crippen molar-refractivity contribution in [3.05, 3.63) is 91.3 Å². The number of fused-ring (bicyclic) bond motifs is 1. The summed E-state index contributed by atoms with van der Waals surface area (Å²) in [5, 5.41) is 29.1. The van der Waals surface area contributed by atoms with Crippen molar-refractivity contribution < 1.29 is 10.0 Å².